The van der Waals surface area contributed by atoms with E-state index in [0.29, 0.717) is 17.4 Å². The van der Waals surface area contributed by atoms with Gasteiger partial charge in [-0.1, -0.05) is 11.6 Å². The van der Waals surface area contributed by atoms with Crippen LogP contribution < -0.4 is 10.1 Å². The van der Waals surface area contributed by atoms with Gasteiger partial charge in [0.2, 0.25) is 5.88 Å². The van der Waals surface area contributed by atoms with E-state index < -0.39 is 5.82 Å². The first-order chi connectivity index (χ1) is 8.69. The van der Waals surface area contributed by atoms with E-state index in [2.05, 4.69) is 15.3 Å². The van der Waals surface area contributed by atoms with Gasteiger partial charge in [0.25, 0.3) is 0 Å². The summed E-state index contributed by atoms with van der Waals surface area (Å²) in [5, 5.41) is 3.04. The summed E-state index contributed by atoms with van der Waals surface area (Å²) in [5.41, 5.74) is 0. The number of benzene rings is 1. The molecule has 0 atom stereocenters. The Morgan fingerprint density at radius 2 is 2.17 bits per heavy atom. The maximum absolute atomic E-state index is 13.0. The van der Waals surface area contributed by atoms with Crippen molar-refractivity contribution in [3.05, 3.63) is 41.4 Å². The van der Waals surface area contributed by atoms with Crippen LogP contribution in [0.2, 0.25) is 5.02 Å². The van der Waals surface area contributed by atoms with Crippen LogP contribution in [0.4, 0.5) is 10.2 Å². The number of nitrogens with one attached hydrogen (secondary N) is 1. The molecule has 0 fully saturated rings. The summed E-state index contributed by atoms with van der Waals surface area (Å²) >= 11 is 5.66. The van der Waals surface area contributed by atoms with E-state index in [-0.39, 0.29) is 5.02 Å². The van der Waals surface area contributed by atoms with E-state index in [9.17, 15) is 4.39 Å². The fourth-order valence-electron chi connectivity index (χ4n) is 1.33. The Kier molecular flexibility index (Phi) is 3.94. The number of ether oxygens (including phenoxy) is 1. The largest absolute Gasteiger partial charge is 0.439 e. The molecular formula is C12H11ClFN3O. The molecule has 0 bridgehead atoms. The summed E-state index contributed by atoms with van der Waals surface area (Å²) in [4.78, 5) is 7.97. The monoisotopic (exact) mass is 267 g/mol. The zero-order valence-corrected chi connectivity index (χ0v) is 10.4. The number of hydrogen-bond acceptors (Lipinski definition) is 4. The SMILES string of the molecule is CCNc1cc(Oc2ccc(F)c(Cl)c2)ncn1. The Hall–Kier alpha value is -1.88. The van der Waals surface area contributed by atoms with E-state index in [4.69, 9.17) is 16.3 Å². The van der Waals surface area contributed by atoms with Crippen molar-refractivity contribution in [3.8, 4) is 11.6 Å². The van der Waals surface area contributed by atoms with Gasteiger partial charge in [0.15, 0.2) is 0 Å². The maximum atomic E-state index is 13.0. The summed E-state index contributed by atoms with van der Waals surface area (Å²) in [6, 6.07) is 5.77. The minimum absolute atomic E-state index is 0.00784. The summed E-state index contributed by atoms with van der Waals surface area (Å²) < 4.78 is 18.4. The quantitative estimate of drug-likeness (QED) is 0.921. The van der Waals surface area contributed by atoms with Gasteiger partial charge in [0.1, 0.15) is 23.7 Å². The fourth-order valence-corrected chi connectivity index (χ4v) is 1.50. The van der Waals surface area contributed by atoms with Crippen LogP contribution in [0, 0.1) is 5.82 Å². The Bertz CT molecular complexity index is 551. The number of aromatic nitrogens is 2. The van der Waals surface area contributed by atoms with Crippen LogP contribution in [0.1, 0.15) is 6.92 Å². The van der Waals surface area contributed by atoms with Crippen molar-refractivity contribution in [1.29, 1.82) is 0 Å². The number of anilines is 1. The zero-order valence-electron chi connectivity index (χ0n) is 9.65. The predicted octanol–water partition coefficient (Wildman–Crippen LogP) is 3.49. The van der Waals surface area contributed by atoms with Crippen LogP contribution in [0.25, 0.3) is 0 Å². The number of rotatable bonds is 4. The van der Waals surface area contributed by atoms with Gasteiger partial charge in [0, 0.05) is 18.7 Å². The molecule has 0 aliphatic carbocycles. The highest BCUT2D eigenvalue weighted by molar-refractivity contribution is 6.30. The Morgan fingerprint density at radius 1 is 1.33 bits per heavy atom. The van der Waals surface area contributed by atoms with E-state index in [1.807, 2.05) is 6.92 Å². The van der Waals surface area contributed by atoms with Crippen molar-refractivity contribution in [1.82, 2.24) is 9.97 Å². The normalized spacial score (nSPS) is 10.2. The summed E-state index contributed by atoms with van der Waals surface area (Å²) in [6.45, 7) is 2.71. The molecule has 1 N–H and O–H groups in total. The predicted molar refractivity (Wildman–Crippen MR) is 67.7 cm³/mol. The molecule has 0 amide bonds. The molecule has 94 valence electrons. The molecule has 0 radical (unpaired) electrons. The second-order valence-corrected chi connectivity index (χ2v) is 3.86. The molecule has 2 aromatic rings. The van der Waals surface area contributed by atoms with Crippen molar-refractivity contribution >= 4 is 17.4 Å². The lowest BCUT2D eigenvalue weighted by molar-refractivity contribution is 0.460. The lowest BCUT2D eigenvalue weighted by Gasteiger charge is -2.07. The van der Waals surface area contributed by atoms with Crippen molar-refractivity contribution in [2.24, 2.45) is 0 Å². The Balaban J connectivity index is 2.17. The molecule has 0 aliphatic heterocycles. The van der Waals surface area contributed by atoms with Crippen LogP contribution in [-0.2, 0) is 0 Å². The van der Waals surface area contributed by atoms with Gasteiger partial charge in [-0.05, 0) is 19.1 Å². The molecule has 0 saturated heterocycles. The topological polar surface area (TPSA) is 47.0 Å². The average Bonchev–Trinajstić information content (AvgIpc) is 2.35. The highest BCUT2D eigenvalue weighted by atomic mass is 35.5. The molecule has 1 aromatic carbocycles. The molecule has 6 heteroatoms. The smallest absolute Gasteiger partial charge is 0.224 e. The van der Waals surface area contributed by atoms with Crippen molar-refractivity contribution < 1.29 is 9.13 Å². The minimum Gasteiger partial charge on any atom is -0.439 e. The minimum atomic E-state index is -0.486. The van der Waals surface area contributed by atoms with Gasteiger partial charge in [-0.15, -0.1) is 0 Å². The highest BCUT2D eigenvalue weighted by Gasteiger charge is 2.04. The van der Waals surface area contributed by atoms with Gasteiger partial charge in [-0.25, -0.2) is 14.4 Å². The van der Waals surface area contributed by atoms with Gasteiger partial charge in [-0.3, -0.25) is 0 Å². The lowest BCUT2D eigenvalue weighted by Crippen LogP contribution is -2.00. The third-order valence-electron chi connectivity index (χ3n) is 2.11. The van der Waals surface area contributed by atoms with Crippen LogP contribution >= 0.6 is 11.6 Å². The van der Waals surface area contributed by atoms with Gasteiger partial charge >= 0.3 is 0 Å². The second-order valence-electron chi connectivity index (χ2n) is 3.45. The van der Waals surface area contributed by atoms with Crippen LogP contribution in [-0.4, -0.2) is 16.5 Å². The zero-order chi connectivity index (χ0) is 13.0. The molecule has 4 nitrogen and oxygen atoms in total. The highest BCUT2D eigenvalue weighted by Crippen LogP contribution is 2.25. The molecule has 1 heterocycles. The first kappa shape index (κ1) is 12.6. The average molecular weight is 268 g/mol. The fraction of sp³-hybridized carbons (Fsp3) is 0.167. The first-order valence-corrected chi connectivity index (χ1v) is 5.75. The number of halogens is 2. The third-order valence-corrected chi connectivity index (χ3v) is 2.40. The Morgan fingerprint density at radius 3 is 2.89 bits per heavy atom. The van der Waals surface area contributed by atoms with Crippen molar-refractivity contribution in [2.45, 2.75) is 6.92 Å². The molecule has 18 heavy (non-hydrogen) atoms. The first-order valence-electron chi connectivity index (χ1n) is 5.38. The second kappa shape index (κ2) is 5.64. The summed E-state index contributed by atoms with van der Waals surface area (Å²) in [6.07, 6.45) is 1.39. The third kappa shape index (κ3) is 3.07. The van der Waals surface area contributed by atoms with Gasteiger partial charge in [-0.2, -0.15) is 0 Å². The standard InChI is InChI=1S/C12H11ClFN3O/c1-2-15-11-6-12(17-7-16-11)18-8-3-4-10(14)9(13)5-8/h3-7H,2H2,1H3,(H,15,16,17). The van der Waals surface area contributed by atoms with Crippen molar-refractivity contribution in [2.75, 3.05) is 11.9 Å². The van der Waals surface area contributed by atoms with Crippen molar-refractivity contribution in [3.63, 3.8) is 0 Å². The van der Waals surface area contributed by atoms with E-state index in [1.54, 1.807) is 6.07 Å². The maximum Gasteiger partial charge on any atom is 0.224 e. The van der Waals surface area contributed by atoms with Crippen LogP contribution in [0.5, 0.6) is 11.6 Å². The Labute approximate surface area is 109 Å². The van der Waals surface area contributed by atoms with Crippen LogP contribution in [0.15, 0.2) is 30.6 Å². The number of hydrogen-bond donors (Lipinski definition) is 1. The van der Waals surface area contributed by atoms with E-state index in [0.717, 1.165) is 6.54 Å². The lowest BCUT2D eigenvalue weighted by atomic mass is 10.3. The number of nitrogens with zero attached hydrogens (tertiary/aromatic N) is 2. The molecular weight excluding hydrogens is 257 g/mol. The van der Waals surface area contributed by atoms with E-state index >= 15 is 0 Å². The molecule has 1 aromatic heterocycles. The van der Waals surface area contributed by atoms with Gasteiger partial charge in [0.05, 0.1) is 5.02 Å². The summed E-state index contributed by atoms with van der Waals surface area (Å²) in [7, 11) is 0. The molecule has 0 aliphatic rings. The van der Waals surface area contributed by atoms with Crippen LogP contribution in [0.3, 0.4) is 0 Å². The van der Waals surface area contributed by atoms with Gasteiger partial charge < -0.3 is 10.1 Å². The van der Waals surface area contributed by atoms with E-state index in [1.165, 1.54) is 24.5 Å². The molecule has 0 spiro atoms. The summed E-state index contributed by atoms with van der Waals surface area (Å²) in [5.74, 6) is 0.960. The molecule has 2 rings (SSSR count). The molecule has 0 saturated carbocycles. The molecule has 0 unspecified atom stereocenters.